The van der Waals surface area contributed by atoms with Gasteiger partial charge in [0.15, 0.2) is 0 Å². The summed E-state index contributed by atoms with van der Waals surface area (Å²) in [6, 6.07) is 11.8. The number of aromatic nitrogens is 1. The lowest BCUT2D eigenvalue weighted by atomic mass is 10.00. The van der Waals surface area contributed by atoms with E-state index < -0.39 is 0 Å². The summed E-state index contributed by atoms with van der Waals surface area (Å²) in [6.45, 7) is 2.63. The Morgan fingerprint density at radius 2 is 2.06 bits per heavy atom. The molecule has 0 saturated carbocycles. The highest BCUT2D eigenvalue weighted by atomic mass is 16.5. The Kier molecular flexibility index (Phi) is 4.31. The summed E-state index contributed by atoms with van der Waals surface area (Å²) >= 11 is 0. The molecule has 2 aromatic rings. The lowest BCUT2D eigenvalue weighted by Crippen LogP contribution is -2.15. The van der Waals surface area contributed by atoms with Gasteiger partial charge in [-0.1, -0.05) is 24.3 Å². The van der Waals surface area contributed by atoms with Crippen molar-refractivity contribution < 1.29 is 4.74 Å². The maximum Gasteiger partial charge on any atom is 0.124 e. The number of pyridine rings is 1. The molecule has 0 saturated heterocycles. The van der Waals surface area contributed by atoms with Gasteiger partial charge in [0.05, 0.1) is 6.61 Å². The van der Waals surface area contributed by atoms with Gasteiger partial charge in [0.1, 0.15) is 5.75 Å². The fourth-order valence-corrected chi connectivity index (χ4v) is 1.96. The molecule has 1 aromatic heterocycles. The standard InChI is InChI=1S/C15H18N2O/c1-2-18-15-8-4-3-7-13(15)14(16)10-12-6-5-9-17-11-12/h3-9,11,14H,2,10,16H2,1H3. The predicted molar refractivity (Wildman–Crippen MR) is 72.5 cm³/mol. The lowest BCUT2D eigenvalue weighted by molar-refractivity contribution is 0.334. The first kappa shape index (κ1) is 12.6. The summed E-state index contributed by atoms with van der Waals surface area (Å²) in [5.41, 5.74) is 8.43. The molecule has 3 heteroatoms. The molecular formula is C15H18N2O. The summed E-state index contributed by atoms with van der Waals surface area (Å²) < 4.78 is 5.60. The van der Waals surface area contributed by atoms with Gasteiger partial charge in [-0.05, 0) is 31.0 Å². The third-order valence-corrected chi connectivity index (χ3v) is 2.80. The molecule has 0 spiro atoms. The van der Waals surface area contributed by atoms with Crippen molar-refractivity contribution >= 4 is 0 Å². The molecule has 0 bridgehead atoms. The molecule has 0 aliphatic carbocycles. The monoisotopic (exact) mass is 242 g/mol. The summed E-state index contributed by atoms with van der Waals surface area (Å²) in [6.07, 6.45) is 4.38. The van der Waals surface area contributed by atoms with E-state index in [-0.39, 0.29) is 6.04 Å². The third-order valence-electron chi connectivity index (χ3n) is 2.80. The molecule has 1 unspecified atom stereocenters. The van der Waals surface area contributed by atoms with Crippen molar-refractivity contribution in [3.8, 4) is 5.75 Å². The Balaban J connectivity index is 2.16. The van der Waals surface area contributed by atoms with E-state index in [1.165, 1.54) is 0 Å². The van der Waals surface area contributed by atoms with Crippen LogP contribution in [0.25, 0.3) is 0 Å². The quantitative estimate of drug-likeness (QED) is 0.877. The Hall–Kier alpha value is -1.87. The number of hydrogen-bond donors (Lipinski definition) is 1. The minimum Gasteiger partial charge on any atom is -0.494 e. The van der Waals surface area contributed by atoms with Gasteiger partial charge in [0.25, 0.3) is 0 Å². The normalized spacial score (nSPS) is 12.1. The minimum absolute atomic E-state index is 0.0723. The zero-order valence-corrected chi connectivity index (χ0v) is 10.5. The van der Waals surface area contributed by atoms with E-state index in [4.69, 9.17) is 10.5 Å². The van der Waals surface area contributed by atoms with Crippen LogP contribution < -0.4 is 10.5 Å². The van der Waals surface area contributed by atoms with Gasteiger partial charge in [-0.15, -0.1) is 0 Å². The highest BCUT2D eigenvalue weighted by molar-refractivity contribution is 5.36. The van der Waals surface area contributed by atoms with Crippen LogP contribution in [-0.2, 0) is 6.42 Å². The van der Waals surface area contributed by atoms with Gasteiger partial charge < -0.3 is 10.5 Å². The number of nitrogens with zero attached hydrogens (tertiary/aromatic N) is 1. The number of rotatable bonds is 5. The largest absolute Gasteiger partial charge is 0.494 e. The number of ether oxygens (including phenoxy) is 1. The number of hydrogen-bond acceptors (Lipinski definition) is 3. The van der Waals surface area contributed by atoms with E-state index in [9.17, 15) is 0 Å². The van der Waals surface area contributed by atoms with Crippen molar-refractivity contribution in [2.24, 2.45) is 5.73 Å². The van der Waals surface area contributed by atoms with Gasteiger partial charge in [0, 0.05) is 24.0 Å². The second kappa shape index (κ2) is 6.17. The fraction of sp³-hybridized carbons (Fsp3) is 0.267. The molecule has 1 heterocycles. The van der Waals surface area contributed by atoms with Gasteiger partial charge >= 0.3 is 0 Å². The van der Waals surface area contributed by atoms with Crippen molar-refractivity contribution in [3.63, 3.8) is 0 Å². The molecule has 18 heavy (non-hydrogen) atoms. The average Bonchev–Trinajstić information content (AvgIpc) is 2.41. The Morgan fingerprint density at radius 3 is 2.78 bits per heavy atom. The Morgan fingerprint density at radius 1 is 1.22 bits per heavy atom. The molecule has 0 amide bonds. The number of nitrogens with two attached hydrogens (primary N) is 1. The molecular weight excluding hydrogens is 224 g/mol. The molecule has 0 fully saturated rings. The van der Waals surface area contributed by atoms with Crippen molar-refractivity contribution in [2.75, 3.05) is 6.61 Å². The van der Waals surface area contributed by atoms with Crippen LogP contribution in [0.3, 0.4) is 0 Å². The summed E-state index contributed by atoms with van der Waals surface area (Å²) in [5.74, 6) is 0.872. The molecule has 3 nitrogen and oxygen atoms in total. The molecule has 2 N–H and O–H groups in total. The zero-order chi connectivity index (χ0) is 12.8. The van der Waals surface area contributed by atoms with Crippen molar-refractivity contribution in [2.45, 2.75) is 19.4 Å². The smallest absolute Gasteiger partial charge is 0.124 e. The van der Waals surface area contributed by atoms with E-state index in [2.05, 4.69) is 4.98 Å². The predicted octanol–water partition coefficient (Wildman–Crippen LogP) is 2.72. The van der Waals surface area contributed by atoms with E-state index in [1.54, 1.807) is 6.20 Å². The van der Waals surface area contributed by atoms with E-state index in [1.807, 2.05) is 49.5 Å². The van der Waals surface area contributed by atoms with Crippen LogP contribution in [0, 0.1) is 0 Å². The van der Waals surface area contributed by atoms with Crippen LogP contribution in [0.4, 0.5) is 0 Å². The van der Waals surface area contributed by atoms with Crippen LogP contribution in [0.2, 0.25) is 0 Å². The van der Waals surface area contributed by atoms with E-state index >= 15 is 0 Å². The Bertz CT molecular complexity index is 485. The average molecular weight is 242 g/mol. The molecule has 1 aromatic carbocycles. The molecule has 0 aliphatic heterocycles. The molecule has 2 rings (SSSR count). The first-order valence-electron chi connectivity index (χ1n) is 6.17. The van der Waals surface area contributed by atoms with Gasteiger partial charge in [0.2, 0.25) is 0 Å². The van der Waals surface area contributed by atoms with Crippen LogP contribution in [0.1, 0.15) is 24.1 Å². The van der Waals surface area contributed by atoms with Gasteiger partial charge in [-0.2, -0.15) is 0 Å². The first-order valence-corrected chi connectivity index (χ1v) is 6.17. The van der Waals surface area contributed by atoms with Crippen LogP contribution in [-0.4, -0.2) is 11.6 Å². The fourth-order valence-electron chi connectivity index (χ4n) is 1.96. The van der Waals surface area contributed by atoms with Crippen molar-refractivity contribution in [1.82, 2.24) is 4.98 Å². The lowest BCUT2D eigenvalue weighted by Gasteiger charge is -2.16. The maximum atomic E-state index is 6.25. The van der Waals surface area contributed by atoms with Crippen molar-refractivity contribution in [3.05, 3.63) is 59.9 Å². The second-order valence-electron chi connectivity index (χ2n) is 4.14. The summed E-state index contributed by atoms with van der Waals surface area (Å²) in [5, 5.41) is 0. The van der Waals surface area contributed by atoms with Gasteiger partial charge in [-0.3, -0.25) is 4.98 Å². The summed E-state index contributed by atoms with van der Waals surface area (Å²) in [4.78, 5) is 4.10. The van der Waals surface area contributed by atoms with Crippen LogP contribution in [0.15, 0.2) is 48.8 Å². The highest BCUT2D eigenvalue weighted by Gasteiger charge is 2.12. The first-order chi connectivity index (χ1) is 8.81. The summed E-state index contributed by atoms with van der Waals surface area (Å²) in [7, 11) is 0. The van der Waals surface area contributed by atoms with Crippen LogP contribution in [0.5, 0.6) is 5.75 Å². The topological polar surface area (TPSA) is 48.1 Å². The van der Waals surface area contributed by atoms with E-state index in [0.29, 0.717) is 6.61 Å². The van der Waals surface area contributed by atoms with E-state index in [0.717, 1.165) is 23.3 Å². The SMILES string of the molecule is CCOc1ccccc1C(N)Cc1cccnc1. The third kappa shape index (κ3) is 3.08. The zero-order valence-electron chi connectivity index (χ0n) is 10.5. The van der Waals surface area contributed by atoms with Crippen molar-refractivity contribution in [1.29, 1.82) is 0 Å². The van der Waals surface area contributed by atoms with Crippen LogP contribution >= 0.6 is 0 Å². The minimum atomic E-state index is -0.0723. The molecule has 94 valence electrons. The second-order valence-corrected chi connectivity index (χ2v) is 4.14. The highest BCUT2D eigenvalue weighted by Crippen LogP contribution is 2.25. The molecule has 0 aliphatic rings. The van der Waals surface area contributed by atoms with Gasteiger partial charge in [-0.25, -0.2) is 0 Å². The number of para-hydroxylation sites is 1. The number of benzene rings is 1. The molecule has 1 atom stereocenters. The maximum absolute atomic E-state index is 6.25. The molecule has 0 radical (unpaired) electrons. The Labute approximate surface area is 108 Å².